The van der Waals surface area contributed by atoms with Crippen LogP contribution in [-0.2, 0) is 32.7 Å². The van der Waals surface area contributed by atoms with Gasteiger partial charge in [0.1, 0.15) is 0 Å². The van der Waals surface area contributed by atoms with Crippen LogP contribution in [0.3, 0.4) is 0 Å². The van der Waals surface area contributed by atoms with E-state index in [1.54, 1.807) is 0 Å². The van der Waals surface area contributed by atoms with E-state index in [0.29, 0.717) is 0 Å². The average molecular weight is 171 g/mol. The van der Waals surface area contributed by atoms with Crippen LogP contribution in [0.2, 0.25) is 0 Å². The molecule has 1 heterocycles. The minimum Gasteiger partial charge on any atom is -0.342 e. The molecule has 1 radical (unpaired) electrons. The Morgan fingerprint density at radius 2 is 2.43 bits per heavy atom. The number of hydrogen-bond acceptors (Lipinski definition) is 1. The maximum atomic E-state index is 3.14. The molecule has 1 aliphatic heterocycles. The van der Waals surface area contributed by atoms with E-state index < -0.39 is 0 Å². The first-order chi connectivity index (χ1) is 3.00. The molecule has 0 unspecified atom stereocenters. The molecule has 1 N–H and O–H groups in total. The first kappa shape index (κ1) is 7.67. The summed E-state index contributed by atoms with van der Waals surface area (Å²) in [6.45, 7) is 2.08. The van der Waals surface area contributed by atoms with Gasteiger partial charge in [-0.1, -0.05) is 13.1 Å². The molecular weight excluding hydrogens is 163 g/mol. The Kier molecular flexibility index (Phi) is 5.29. The molecule has 0 aromatic carbocycles. The van der Waals surface area contributed by atoms with Crippen molar-refractivity contribution in [1.29, 1.82) is 0 Å². The second-order valence-electron chi connectivity index (χ2n) is 1.32. The largest absolute Gasteiger partial charge is 0.342 e. The molecular formula is C5H8NY-. The predicted octanol–water partition coefficient (Wildman–Crippen LogP) is 0.348. The Hall–Kier alpha value is 0.674. The van der Waals surface area contributed by atoms with E-state index in [2.05, 4.69) is 23.9 Å². The number of hydrogen-bond donors (Lipinski definition) is 1. The fraction of sp³-hybridized carbons (Fsp3) is 0.400. The molecule has 0 bridgehead atoms. The van der Waals surface area contributed by atoms with Gasteiger partial charge in [-0.2, -0.15) is 0 Å². The summed E-state index contributed by atoms with van der Waals surface area (Å²) in [5, 5.41) is 3.14. The van der Waals surface area contributed by atoms with Gasteiger partial charge in [0.05, 0.1) is 0 Å². The summed E-state index contributed by atoms with van der Waals surface area (Å²) in [4.78, 5) is 0. The van der Waals surface area contributed by atoms with Crippen LogP contribution in [0.4, 0.5) is 0 Å². The second-order valence-corrected chi connectivity index (χ2v) is 1.32. The Labute approximate surface area is 69.4 Å². The maximum absolute atomic E-state index is 3.14. The zero-order chi connectivity index (χ0) is 4.24. The van der Waals surface area contributed by atoms with E-state index in [4.69, 9.17) is 0 Å². The summed E-state index contributed by atoms with van der Waals surface area (Å²) in [7, 11) is 0. The summed E-state index contributed by atoms with van der Waals surface area (Å²) in [5.41, 5.74) is 0. The van der Waals surface area contributed by atoms with Crippen LogP contribution in [0.1, 0.15) is 0 Å². The summed E-state index contributed by atoms with van der Waals surface area (Å²) in [6.07, 6.45) is 6.28. The van der Waals surface area contributed by atoms with E-state index in [1.165, 1.54) is 0 Å². The van der Waals surface area contributed by atoms with Gasteiger partial charge in [-0.25, -0.2) is 18.6 Å². The van der Waals surface area contributed by atoms with Crippen LogP contribution in [0, 0.1) is 6.42 Å². The first-order valence-electron chi connectivity index (χ1n) is 2.19. The van der Waals surface area contributed by atoms with E-state index in [1.807, 2.05) is 0 Å². The standard InChI is InChI=1S/C5H8N.Y/c1-2-4-6-5-3-1;/h1-3,6H,4-5H2;/q-1;. The van der Waals surface area contributed by atoms with Gasteiger partial charge in [0, 0.05) is 32.7 Å². The van der Waals surface area contributed by atoms with Gasteiger partial charge >= 0.3 is 0 Å². The third-order valence-electron chi connectivity index (χ3n) is 0.797. The van der Waals surface area contributed by atoms with E-state index in [9.17, 15) is 0 Å². The van der Waals surface area contributed by atoms with Crippen molar-refractivity contribution in [3.05, 3.63) is 18.6 Å². The molecule has 0 atom stereocenters. The van der Waals surface area contributed by atoms with Crippen LogP contribution >= 0.6 is 0 Å². The molecule has 1 rings (SSSR count). The minimum absolute atomic E-state index is 0. The molecule has 0 fully saturated rings. The Bertz CT molecular complexity index is 53.1. The zero-order valence-electron chi connectivity index (χ0n) is 4.22. The van der Waals surface area contributed by atoms with E-state index in [-0.39, 0.29) is 32.7 Å². The molecule has 0 aromatic rings. The molecule has 2 heteroatoms. The molecule has 0 saturated carbocycles. The van der Waals surface area contributed by atoms with Crippen molar-refractivity contribution >= 4 is 0 Å². The van der Waals surface area contributed by atoms with Crippen molar-refractivity contribution in [3.63, 3.8) is 0 Å². The third-order valence-corrected chi connectivity index (χ3v) is 0.797. The van der Waals surface area contributed by atoms with Crippen molar-refractivity contribution in [3.8, 4) is 0 Å². The molecule has 1 nitrogen and oxygen atoms in total. The predicted molar refractivity (Wildman–Crippen MR) is 26.3 cm³/mol. The topological polar surface area (TPSA) is 12.0 Å². The van der Waals surface area contributed by atoms with Gasteiger partial charge in [-0.05, 0) is 0 Å². The number of nitrogens with one attached hydrogen (secondary N) is 1. The van der Waals surface area contributed by atoms with Crippen molar-refractivity contribution in [1.82, 2.24) is 5.32 Å². The summed E-state index contributed by atoms with van der Waals surface area (Å²) >= 11 is 0. The molecule has 0 saturated heterocycles. The van der Waals surface area contributed by atoms with Crippen LogP contribution < -0.4 is 5.32 Å². The Balaban J connectivity index is 0.000000360. The van der Waals surface area contributed by atoms with Gasteiger partial charge < -0.3 is 5.32 Å². The van der Waals surface area contributed by atoms with Gasteiger partial charge in [-0.15, -0.1) is 0 Å². The maximum Gasteiger partial charge on any atom is 0 e. The van der Waals surface area contributed by atoms with Crippen molar-refractivity contribution in [2.45, 2.75) is 0 Å². The fourth-order valence-electron chi connectivity index (χ4n) is 0.482. The zero-order valence-corrected chi connectivity index (χ0v) is 7.06. The molecule has 0 spiro atoms. The van der Waals surface area contributed by atoms with Gasteiger partial charge in [0.2, 0.25) is 0 Å². The third kappa shape index (κ3) is 3.27. The average Bonchev–Trinajstić information content (AvgIpc) is 1.72. The molecule has 7 heavy (non-hydrogen) atoms. The molecule has 37 valence electrons. The summed E-state index contributed by atoms with van der Waals surface area (Å²) in [5.74, 6) is 0. The Morgan fingerprint density at radius 3 is 2.57 bits per heavy atom. The SMILES string of the molecule is C1=CCNC[CH-]1.[Y]. The smallest absolute Gasteiger partial charge is 0 e. The van der Waals surface area contributed by atoms with Crippen molar-refractivity contribution < 1.29 is 32.7 Å². The van der Waals surface area contributed by atoms with Gasteiger partial charge in [0.25, 0.3) is 0 Å². The molecule has 0 aliphatic carbocycles. The normalized spacial score (nSPS) is 17.1. The monoisotopic (exact) mass is 171 g/mol. The first-order valence-corrected chi connectivity index (χ1v) is 2.19. The number of rotatable bonds is 0. The van der Waals surface area contributed by atoms with Crippen molar-refractivity contribution in [2.24, 2.45) is 0 Å². The second kappa shape index (κ2) is 4.82. The molecule has 0 aromatic heterocycles. The summed E-state index contributed by atoms with van der Waals surface area (Å²) in [6, 6.07) is 0. The fourth-order valence-corrected chi connectivity index (χ4v) is 0.482. The van der Waals surface area contributed by atoms with E-state index >= 15 is 0 Å². The molecule has 1 aliphatic rings. The summed E-state index contributed by atoms with van der Waals surface area (Å²) < 4.78 is 0. The van der Waals surface area contributed by atoms with Gasteiger partial charge in [0.15, 0.2) is 0 Å². The van der Waals surface area contributed by atoms with Gasteiger partial charge in [-0.3, -0.25) is 0 Å². The van der Waals surface area contributed by atoms with Crippen molar-refractivity contribution in [2.75, 3.05) is 13.1 Å². The molecule has 0 amide bonds. The quantitative estimate of drug-likeness (QED) is 0.518. The van der Waals surface area contributed by atoms with Crippen LogP contribution in [0.5, 0.6) is 0 Å². The van der Waals surface area contributed by atoms with Crippen LogP contribution in [-0.4, -0.2) is 13.1 Å². The van der Waals surface area contributed by atoms with E-state index in [0.717, 1.165) is 13.1 Å². The minimum atomic E-state index is 0. The van der Waals surface area contributed by atoms with Crippen LogP contribution in [0.15, 0.2) is 12.2 Å². The van der Waals surface area contributed by atoms with Crippen LogP contribution in [0.25, 0.3) is 0 Å². The Morgan fingerprint density at radius 1 is 1.57 bits per heavy atom.